The molecule has 1 heterocycles. The number of hydrogen-bond donors (Lipinski definition) is 1. The van der Waals surface area contributed by atoms with Crippen LogP contribution in [0.5, 0.6) is 0 Å². The Morgan fingerprint density at radius 1 is 1.42 bits per heavy atom. The van der Waals surface area contributed by atoms with Crippen molar-refractivity contribution in [1.29, 1.82) is 0 Å². The SMILES string of the molecule is Cn1cc(N)cc1C(=O)OCc1cccc(F)c1F. The monoisotopic (exact) mass is 266 g/mol. The average molecular weight is 266 g/mol. The van der Waals surface area contributed by atoms with E-state index in [1.165, 1.54) is 22.8 Å². The lowest BCUT2D eigenvalue weighted by Crippen LogP contribution is -2.10. The zero-order chi connectivity index (χ0) is 14.0. The third kappa shape index (κ3) is 2.73. The number of aromatic nitrogens is 1. The number of halogens is 2. The van der Waals surface area contributed by atoms with E-state index in [1.807, 2.05) is 0 Å². The summed E-state index contributed by atoms with van der Waals surface area (Å²) < 4.78 is 32.7. The zero-order valence-corrected chi connectivity index (χ0v) is 10.2. The summed E-state index contributed by atoms with van der Waals surface area (Å²) in [5.41, 5.74) is 6.18. The molecule has 0 aliphatic carbocycles. The quantitative estimate of drug-likeness (QED) is 0.867. The van der Waals surface area contributed by atoms with E-state index in [2.05, 4.69) is 0 Å². The van der Waals surface area contributed by atoms with Crippen LogP contribution in [0.2, 0.25) is 0 Å². The molecule has 0 saturated heterocycles. The Morgan fingerprint density at radius 3 is 2.79 bits per heavy atom. The first-order chi connectivity index (χ1) is 8.99. The van der Waals surface area contributed by atoms with Crippen molar-refractivity contribution in [3.05, 3.63) is 53.4 Å². The summed E-state index contributed by atoms with van der Waals surface area (Å²) in [7, 11) is 1.63. The minimum Gasteiger partial charge on any atom is -0.456 e. The maximum atomic E-state index is 13.3. The lowest BCUT2D eigenvalue weighted by Gasteiger charge is -2.06. The van der Waals surface area contributed by atoms with Gasteiger partial charge in [-0.1, -0.05) is 12.1 Å². The summed E-state index contributed by atoms with van der Waals surface area (Å²) in [5.74, 6) is -2.64. The number of nitrogens with zero attached hydrogens (tertiary/aromatic N) is 1. The molecular formula is C13H12F2N2O2. The number of carbonyl (C=O) groups is 1. The molecule has 6 heteroatoms. The molecule has 2 aromatic rings. The van der Waals surface area contributed by atoms with Crippen molar-refractivity contribution in [2.45, 2.75) is 6.61 Å². The standard InChI is InChI=1S/C13H12F2N2O2/c1-17-6-9(16)5-11(17)13(18)19-7-8-3-2-4-10(14)12(8)15/h2-6H,7,16H2,1H3. The van der Waals surface area contributed by atoms with Gasteiger partial charge in [-0.3, -0.25) is 0 Å². The van der Waals surface area contributed by atoms with Crippen LogP contribution in [0.1, 0.15) is 16.1 Å². The fraction of sp³-hybridized carbons (Fsp3) is 0.154. The second-order valence-corrected chi connectivity index (χ2v) is 4.06. The number of nitrogens with two attached hydrogens (primary N) is 1. The number of rotatable bonds is 3. The van der Waals surface area contributed by atoms with E-state index in [-0.39, 0.29) is 17.9 Å². The zero-order valence-electron chi connectivity index (χ0n) is 10.2. The molecule has 4 nitrogen and oxygen atoms in total. The summed E-state index contributed by atoms with van der Waals surface area (Å²) in [6.07, 6.45) is 1.55. The van der Waals surface area contributed by atoms with Crippen LogP contribution in [-0.2, 0) is 18.4 Å². The number of hydrogen-bond acceptors (Lipinski definition) is 3. The molecule has 0 unspecified atom stereocenters. The second-order valence-electron chi connectivity index (χ2n) is 4.06. The number of anilines is 1. The van der Waals surface area contributed by atoms with Gasteiger partial charge in [-0.05, 0) is 12.1 Å². The highest BCUT2D eigenvalue weighted by atomic mass is 19.2. The molecule has 0 amide bonds. The molecule has 0 radical (unpaired) electrons. The molecule has 0 fully saturated rings. The third-order valence-corrected chi connectivity index (χ3v) is 2.63. The number of esters is 1. The van der Waals surface area contributed by atoms with Gasteiger partial charge in [0.2, 0.25) is 0 Å². The van der Waals surface area contributed by atoms with Crippen molar-refractivity contribution in [1.82, 2.24) is 4.57 Å². The molecule has 0 aliphatic heterocycles. The van der Waals surface area contributed by atoms with Gasteiger partial charge in [0.1, 0.15) is 12.3 Å². The second kappa shape index (κ2) is 5.09. The smallest absolute Gasteiger partial charge is 0.355 e. The van der Waals surface area contributed by atoms with Crippen LogP contribution in [-0.4, -0.2) is 10.5 Å². The molecule has 2 rings (SSSR count). The van der Waals surface area contributed by atoms with Gasteiger partial charge in [0, 0.05) is 18.8 Å². The van der Waals surface area contributed by atoms with Crippen molar-refractivity contribution in [3.8, 4) is 0 Å². The number of benzene rings is 1. The summed E-state index contributed by atoms with van der Waals surface area (Å²) >= 11 is 0. The van der Waals surface area contributed by atoms with E-state index < -0.39 is 17.6 Å². The van der Waals surface area contributed by atoms with Gasteiger partial charge in [-0.15, -0.1) is 0 Å². The molecule has 0 spiro atoms. The van der Waals surface area contributed by atoms with Crippen molar-refractivity contribution in [2.75, 3.05) is 5.73 Å². The third-order valence-electron chi connectivity index (χ3n) is 2.63. The topological polar surface area (TPSA) is 57.2 Å². The van der Waals surface area contributed by atoms with Gasteiger partial charge in [-0.2, -0.15) is 0 Å². The molecule has 0 aliphatic rings. The maximum absolute atomic E-state index is 13.3. The summed E-state index contributed by atoms with van der Waals surface area (Å²) in [5, 5.41) is 0. The van der Waals surface area contributed by atoms with Crippen molar-refractivity contribution < 1.29 is 18.3 Å². The van der Waals surface area contributed by atoms with E-state index in [9.17, 15) is 13.6 Å². The highest BCUT2D eigenvalue weighted by Crippen LogP contribution is 2.14. The van der Waals surface area contributed by atoms with Crippen LogP contribution in [0, 0.1) is 11.6 Å². The van der Waals surface area contributed by atoms with Crippen LogP contribution in [0.3, 0.4) is 0 Å². The summed E-state index contributed by atoms with van der Waals surface area (Å²) in [4.78, 5) is 11.7. The first-order valence-corrected chi connectivity index (χ1v) is 5.51. The number of carbonyl (C=O) groups excluding carboxylic acids is 1. The normalized spacial score (nSPS) is 10.5. The fourth-order valence-corrected chi connectivity index (χ4v) is 1.67. The van der Waals surface area contributed by atoms with Gasteiger partial charge in [-0.25, -0.2) is 13.6 Å². The molecule has 0 atom stereocenters. The Labute approximate surface area is 108 Å². The van der Waals surface area contributed by atoms with E-state index in [0.717, 1.165) is 6.07 Å². The van der Waals surface area contributed by atoms with E-state index >= 15 is 0 Å². The Bertz CT molecular complexity index is 623. The largest absolute Gasteiger partial charge is 0.456 e. The molecular weight excluding hydrogens is 254 g/mol. The predicted octanol–water partition coefficient (Wildman–Crippen LogP) is 2.24. The average Bonchev–Trinajstić information content (AvgIpc) is 2.70. The van der Waals surface area contributed by atoms with E-state index in [0.29, 0.717) is 5.69 Å². The molecule has 100 valence electrons. The van der Waals surface area contributed by atoms with Crippen LogP contribution >= 0.6 is 0 Å². The van der Waals surface area contributed by atoms with Gasteiger partial charge in [0.05, 0.1) is 5.69 Å². The number of ether oxygens (including phenoxy) is 1. The summed E-state index contributed by atoms with van der Waals surface area (Å²) in [6.45, 7) is -0.340. The molecule has 0 bridgehead atoms. The molecule has 0 saturated carbocycles. The minimum atomic E-state index is -1.01. The predicted molar refractivity (Wildman–Crippen MR) is 65.3 cm³/mol. The Hall–Kier alpha value is -2.37. The van der Waals surface area contributed by atoms with Crippen LogP contribution in [0.25, 0.3) is 0 Å². The first-order valence-electron chi connectivity index (χ1n) is 5.51. The number of nitrogen functional groups attached to an aromatic ring is 1. The molecule has 19 heavy (non-hydrogen) atoms. The van der Waals surface area contributed by atoms with Crippen LogP contribution < -0.4 is 5.73 Å². The molecule has 1 aromatic heterocycles. The molecule has 2 N–H and O–H groups in total. The van der Waals surface area contributed by atoms with E-state index in [4.69, 9.17) is 10.5 Å². The highest BCUT2D eigenvalue weighted by molar-refractivity contribution is 5.89. The van der Waals surface area contributed by atoms with Crippen molar-refractivity contribution >= 4 is 11.7 Å². The van der Waals surface area contributed by atoms with E-state index in [1.54, 1.807) is 13.2 Å². The number of aryl methyl sites for hydroxylation is 1. The minimum absolute atomic E-state index is 0.0180. The van der Waals surface area contributed by atoms with Gasteiger partial charge in [0.15, 0.2) is 11.6 Å². The van der Waals surface area contributed by atoms with Crippen molar-refractivity contribution in [3.63, 3.8) is 0 Å². The fourth-order valence-electron chi connectivity index (χ4n) is 1.67. The van der Waals surface area contributed by atoms with Crippen LogP contribution in [0.15, 0.2) is 30.5 Å². The Morgan fingerprint density at radius 2 is 2.16 bits per heavy atom. The Kier molecular flexibility index (Phi) is 3.50. The maximum Gasteiger partial charge on any atom is 0.355 e. The summed E-state index contributed by atoms with van der Waals surface area (Å²) in [6, 6.07) is 5.15. The Balaban J connectivity index is 2.09. The van der Waals surface area contributed by atoms with Gasteiger partial charge >= 0.3 is 5.97 Å². The van der Waals surface area contributed by atoms with Crippen LogP contribution in [0.4, 0.5) is 14.5 Å². The lowest BCUT2D eigenvalue weighted by atomic mass is 10.2. The lowest BCUT2D eigenvalue weighted by molar-refractivity contribution is 0.0457. The van der Waals surface area contributed by atoms with Crippen molar-refractivity contribution in [2.24, 2.45) is 7.05 Å². The first kappa shape index (κ1) is 13.1. The molecule has 1 aromatic carbocycles. The highest BCUT2D eigenvalue weighted by Gasteiger charge is 2.14. The van der Waals surface area contributed by atoms with Gasteiger partial charge < -0.3 is 15.0 Å². The van der Waals surface area contributed by atoms with Gasteiger partial charge in [0.25, 0.3) is 0 Å².